The number of carbonyl (C=O) groups is 2. The van der Waals surface area contributed by atoms with Gasteiger partial charge in [0.2, 0.25) is 11.8 Å². The standard InChI is InChI=1S/C29H33Cl2N3O5S/c1-5-20(2)32-29(36)21(3)33(18-22-11-13-23(30)14-12-22)28(35)19-34(26-17-24(31)15-16-27(26)39-4)40(37,38)25-9-7-6-8-10-25/h6-17,20-21H,5,18-19H2,1-4H3,(H,32,36)/t20-,21-/m0/s1. The molecule has 0 aliphatic carbocycles. The number of hydrogen-bond donors (Lipinski definition) is 1. The van der Waals surface area contributed by atoms with Gasteiger partial charge in [0.25, 0.3) is 10.0 Å². The Labute approximate surface area is 245 Å². The van der Waals surface area contributed by atoms with Crippen LogP contribution in [0.2, 0.25) is 10.0 Å². The maximum Gasteiger partial charge on any atom is 0.264 e. The average Bonchev–Trinajstić information content (AvgIpc) is 2.95. The van der Waals surface area contributed by atoms with Crippen LogP contribution >= 0.6 is 23.2 Å². The van der Waals surface area contributed by atoms with Crippen LogP contribution < -0.4 is 14.4 Å². The molecule has 11 heteroatoms. The molecule has 0 spiro atoms. The van der Waals surface area contributed by atoms with Crippen LogP contribution in [0.15, 0.2) is 77.7 Å². The summed E-state index contributed by atoms with van der Waals surface area (Å²) in [5.41, 5.74) is 0.814. The van der Waals surface area contributed by atoms with Crippen molar-refractivity contribution in [2.24, 2.45) is 0 Å². The summed E-state index contributed by atoms with van der Waals surface area (Å²) in [4.78, 5) is 28.5. The number of nitrogens with zero attached hydrogens (tertiary/aromatic N) is 2. The number of hydrogen-bond acceptors (Lipinski definition) is 5. The Bertz CT molecular complexity index is 1420. The molecule has 214 valence electrons. The van der Waals surface area contributed by atoms with E-state index in [1.807, 2.05) is 13.8 Å². The van der Waals surface area contributed by atoms with Crippen molar-refractivity contribution >= 4 is 50.7 Å². The molecule has 0 saturated heterocycles. The SMILES string of the molecule is CC[C@H](C)NC(=O)[C@H](C)N(Cc1ccc(Cl)cc1)C(=O)CN(c1cc(Cl)ccc1OC)S(=O)(=O)c1ccccc1. The Morgan fingerprint density at radius 2 is 1.57 bits per heavy atom. The Kier molecular flexibility index (Phi) is 10.8. The van der Waals surface area contributed by atoms with E-state index in [1.54, 1.807) is 55.5 Å². The van der Waals surface area contributed by atoms with Crippen LogP contribution in [-0.4, -0.2) is 50.9 Å². The van der Waals surface area contributed by atoms with E-state index in [4.69, 9.17) is 27.9 Å². The second-order valence-corrected chi connectivity index (χ2v) is 12.0. The number of halogens is 2. The van der Waals surface area contributed by atoms with Crippen LogP contribution in [0.25, 0.3) is 0 Å². The molecule has 0 bridgehead atoms. The summed E-state index contributed by atoms with van der Waals surface area (Å²) in [6.45, 7) is 4.87. The minimum absolute atomic E-state index is 0.0170. The molecule has 0 fully saturated rings. The maximum atomic E-state index is 14.0. The van der Waals surface area contributed by atoms with Crippen molar-refractivity contribution in [1.29, 1.82) is 0 Å². The molecule has 0 aliphatic rings. The van der Waals surface area contributed by atoms with E-state index in [-0.39, 0.29) is 39.8 Å². The van der Waals surface area contributed by atoms with Gasteiger partial charge in [-0.15, -0.1) is 0 Å². The van der Waals surface area contributed by atoms with Crippen LogP contribution in [0.5, 0.6) is 5.75 Å². The first-order chi connectivity index (χ1) is 19.0. The average molecular weight is 607 g/mol. The van der Waals surface area contributed by atoms with Crippen LogP contribution in [0.4, 0.5) is 5.69 Å². The number of methoxy groups -OCH3 is 1. The van der Waals surface area contributed by atoms with Gasteiger partial charge in [-0.3, -0.25) is 13.9 Å². The van der Waals surface area contributed by atoms with E-state index in [1.165, 1.54) is 36.3 Å². The highest BCUT2D eigenvalue weighted by molar-refractivity contribution is 7.92. The highest BCUT2D eigenvalue weighted by atomic mass is 35.5. The topological polar surface area (TPSA) is 96.0 Å². The number of amides is 2. The van der Waals surface area contributed by atoms with Crippen molar-refractivity contribution in [3.05, 3.63) is 88.4 Å². The van der Waals surface area contributed by atoms with E-state index >= 15 is 0 Å². The van der Waals surface area contributed by atoms with Gasteiger partial charge in [-0.25, -0.2) is 8.42 Å². The molecule has 0 saturated carbocycles. The molecule has 40 heavy (non-hydrogen) atoms. The van der Waals surface area contributed by atoms with Crippen molar-refractivity contribution in [3.8, 4) is 5.75 Å². The summed E-state index contributed by atoms with van der Waals surface area (Å²) in [7, 11) is -2.85. The predicted molar refractivity (Wildman–Crippen MR) is 158 cm³/mol. The number of nitrogens with one attached hydrogen (secondary N) is 1. The molecule has 3 rings (SSSR count). The Hall–Kier alpha value is -3.27. The molecule has 0 heterocycles. The van der Waals surface area contributed by atoms with Gasteiger partial charge in [0.05, 0.1) is 17.7 Å². The number of rotatable bonds is 12. The zero-order valence-electron chi connectivity index (χ0n) is 22.8. The van der Waals surface area contributed by atoms with Crippen LogP contribution in [-0.2, 0) is 26.2 Å². The predicted octanol–water partition coefficient (Wildman–Crippen LogP) is 5.53. The molecule has 0 unspecified atom stereocenters. The molecule has 0 aliphatic heterocycles. The van der Waals surface area contributed by atoms with Crippen LogP contribution in [0, 0.1) is 0 Å². The number of benzene rings is 3. The lowest BCUT2D eigenvalue weighted by Gasteiger charge is -2.32. The minimum atomic E-state index is -4.25. The highest BCUT2D eigenvalue weighted by Crippen LogP contribution is 2.35. The molecule has 1 N–H and O–H groups in total. The number of anilines is 1. The van der Waals surface area contributed by atoms with Gasteiger partial charge in [0.1, 0.15) is 18.3 Å². The number of ether oxygens (including phenoxy) is 1. The first kappa shape index (κ1) is 31.3. The van der Waals surface area contributed by atoms with E-state index in [2.05, 4.69) is 5.32 Å². The van der Waals surface area contributed by atoms with Crippen LogP contribution in [0.1, 0.15) is 32.8 Å². The van der Waals surface area contributed by atoms with E-state index in [9.17, 15) is 18.0 Å². The molecule has 3 aromatic rings. The fraction of sp³-hybridized carbons (Fsp3) is 0.310. The van der Waals surface area contributed by atoms with Crippen molar-refractivity contribution in [1.82, 2.24) is 10.2 Å². The summed E-state index contributed by atoms with van der Waals surface area (Å²) in [6, 6.07) is 18.2. The molecular formula is C29H33Cl2N3O5S. The van der Waals surface area contributed by atoms with Gasteiger partial charge in [-0.1, -0.05) is 60.5 Å². The van der Waals surface area contributed by atoms with Gasteiger partial charge in [0, 0.05) is 22.6 Å². The Balaban J connectivity index is 2.08. The first-order valence-corrected chi connectivity index (χ1v) is 14.9. The van der Waals surface area contributed by atoms with E-state index in [0.29, 0.717) is 11.4 Å². The highest BCUT2D eigenvalue weighted by Gasteiger charge is 2.34. The smallest absolute Gasteiger partial charge is 0.264 e. The molecule has 2 amide bonds. The molecule has 8 nitrogen and oxygen atoms in total. The zero-order chi connectivity index (χ0) is 29.4. The van der Waals surface area contributed by atoms with Crippen molar-refractivity contribution in [3.63, 3.8) is 0 Å². The quantitative estimate of drug-likeness (QED) is 0.293. The largest absolute Gasteiger partial charge is 0.495 e. The summed E-state index contributed by atoms with van der Waals surface area (Å²) < 4.78 is 34.2. The summed E-state index contributed by atoms with van der Waals surface area (Å²) >= 11 is 12.3. The molecule has 3 aromatic carbocycles. The lowest BCUT2D eigenvalue weighted by molar-refractivity contribution is -0.139. The third-order valence-electron chi connectivity index (χ3n) is 6.45. The van der Waals surface area contributed by atoms with Gasteiger partial charge >= 0.3 is 0 Å². The van der Waals surface area contributed by atoms with Crippen molar-refractivity contribution in [2.45, 2.75) is 50.7 Å². The molecule has 0 aromatic heterocycles. The molecule has 2 atom stereocenters. The summed E-state index contributed by atoms with van der Waals surface area (Å²) in [5.74, 6) is -0.735. The van der Waals surface area contributed by atoms with Crippen molar-refractivity contribution in [2.75, 3.05) is 18.0 Å². The molecular weight excluding hydrogens is 573 g/mol. The normalized spacial score (nSPS) is 12.8. The maximum absolute atomic E-state index is 14.0. The lowest BCUT2D eigenvalue weighted by atomic mass is 10.1. The second-order valence-electron chi connectivity index (χ2n) is 9.28. The monoisotopic (exact) mass is 605 g/mol. The zero-order valence-corrected chi connectivity index (χ0v) is 25.1. The third-order valence-corrected chi connectivity index (χ3v) is 8.72. The Morgan fingerprint density at radius 3 is 2.17 bits per heavy atom. The van der Waals surface area contributed by atoms with E-state index in [0.717, 1.165) is 9.87 Å². The molecule has 0 radical (unpaired) electrons. The van der Waals surface area contributed by atoms with Crippen molar-refractivity contribution < 1.29 is 22.7 Å². The first-order valence-electron chi connectivity index (χ1n) is 12.7. The van der Waals surface area contributed by atoms with Gasteiger partial charge in [0.15, 0.2) is 0 Å². The van der Waals surface area contributed by atoms with Crippen LogP contribution in [0.3, 0.4) is 0 Å². The lowest BCUT2D eigenvalue weighted by Crippen LogP contribution is -2.52. The Morgan fingerprint density at radius 1 is 0.950 bits per heavy atom. The van der Waals surface area contributed by atoms with Gasteiger partial charge in [-0.05, 0) is 68.3 Å². The summed E-state index contributed by atoms with van der Waals surface area (Å²) in [5, 5.41) is 3.69. The summed E-state index contributed by atoms with van der Waals surface area (Å²) in [6.07, 6.45) is 0.710. The fourth-order valence-corrected chi connectivity index (χ4v) is 5.66. The second kappa shape index (κ2) is 13.9. The number of carbonyl (C=O) groups excluding carboxylic acids is 2. The van der Waals surface area contributed by atoms with Gasteiger partial charge in [-0.2, -0.15) is 0 Å². The van der Waals surface area contributed by atoms with Gasteiger partial charge < -0.3 is 15.0 Å². The van der Waals surface area contributed by atoms with E-state index < -0.39 is 28.5 Å². The number of sulfonamides is 1. The third kappa shape index (κ3) is 7.68. The fourth-order valence-electron chi connectivity index (χ4n) is 3.93. The minimum Gasteiger partial charge on any atom is -0.495 e.